The Morgan fingerprint density at radius 2 is 1.60 bits per heavy atom. The zero-order valence-corrected chi connectivity index (χ0v) is 26.7. The molecule has 3 aliphatic heterocycles. The molecule has 0 radical (unpaired) electrons. The molecular formula is C37H54N4O2. The SMILES string of the molecule is CCCCCCCCCC1C2C=CC34NC5CC(=O)C=CC5N3N=CC3CC=C(C(=O)N1CCCCCCCCC)C2=C34. The summed E-state index contributed by atoms with van der Waals surface area (Å²) in [4.78, 5) is 29.0. The summed E-state index contributed by atoms with van der Waals surface area (Å²) in [7, 11) is 0. The number of unbranched alkanes of at least 4 members (excludes halogenated alkanes) is 12. The number of carbonyl (C=O) groups excluding carboxylic acids is 2. The van der Waals surface area contributed by atoms with Gasteiger partial charge in [-0.3, -0.25) is 19.9 Å². The van der Waals surface area contributed by atoms with E-state index in [1.165, 1.54) is 94.6 Å². The van der Waals surface area contributed by atoms with Gasteiger partial charge in [-0.1, -0.05) is 116 Å². The monoisotopic (exact) mass is 586 g/mol. The molecule has 6 atom stereocenters. The molecule has 0 saturated carbocycles. The molecule has 0 aromatic carbocycles. The molecule has 0 bridgehead atoms. The second-order valence-corrected chi connectivity index (χ2v) is 13.9. The molecule has 6 aliphatic rings. The van der Waals surface area contributed by atoms with Gasteiger partial charge >= 0.3 is 0 Å². The maximum Gasteiger partial charge on any atom is 0.254 e. The maximum atomic E-state index is 14.4. The van der Waals surface area contributed by atoms with Crippen LogP contribution < -0.4 is 5.32 Å². The topological polar surface area (TPSA) is 65.0 Å². The van der Waals surface area contributed by atoms with Crippen LogP contribution in [0.25, 0.3) is 0 Å². The minimum absolute atomic E-state index is 0.0358. The quantitative estimate of drug-likeness (QED) is 0.151. The number of hydrazone groups is 1. The lowest BCUT2D eigenvalue weighted by molar-refractivity contribution is -0.131. The number of hydrogen-bond donors (Lipinski definition) is 1. The van der Waals surface area contributed by atoms with Crippen molar-refractivity contribution in [2.45, 2.75) is 147 Å². The van der Waals surface area contributed by atoms with Crippen LogP contribution >= 0.6 is 0 Å². The van der Waals surface area contributed by atoms with Crippen LogP contribution in [0.1, 0.15) is 123 Å². The second kappa shape index (κ2) is 13.7. The molecule has 6 unspecified atom stereocenters. The fourth-order valence-electron chi connectivity index (χ4n) is 8.77. The Labute approximate surface area is 259 Å². The van der Waals surface area contributed by atoms with E-state index in [-0.39, 0.29) is 41.7 Å². The average Bonchev–Trinajstić information content (AvgIpc) is 3.33. The van der Waals surface area contributed by atoms with Gasteiger partial charge in [0, 0.05) is 48.7 Å². The number of ketones is 1. The molecule has 3 aliphatic carbocycles. The number of nitrogens with one attached hydrogen (secondary N) is 1. The highest BCUT2D eigenvalue weighted by atomic mass is 16.2. The van der Waals surface area contributed by atoms with Gasteiger partial charge in [0.1, 0.15) is 0 Å². The first-order valence-electron chi connectivity index (χ1n) is 17.9. The van der Waals surface area contributed by atoms with Crippen molar-refractivity contribution in [2.75, 3.05) is 6.54 Å². The van der Waals surface area contributed by atoms with Crippen LogP contribution in [0.15, 0.2) is 52.2 Å². The molecule has 6 rings (SSSR count). The van der Waals surface area contributed by atoms with Gasteiger partial charge in [-0.15, -0.1) is 0 Å². The van der Waals surface area contributed by atoms with E-state index >= 15 is 0 Å². The van der Waals surface area contributed by atoms with Crippen LogP contribution in [0.2, 0.25) is 0 Å². The predicted octanol–water partition coefficient (Wildman–Crippen LogP) is 7.38. The van der Waals surface area contributed by atoms with Crippen molar-refractivity contribution in [3.8, 4) is 0 Å². The lowest BCUT2D eigenvalue weighted by atomic mass is 9.64. The highest BCUT2D eigenvalue weighted by molar-refractivity contribution is 6.01. The predicted molar refractivity (Wildman–Crippen MR) is 174 cm³/mol. The Hall–Kier alpha value is -2.47. The first kappa shape index (κ1) is 30.6. The van der Waals surface area contributed by atoms with Gasteiger partial charge in [0.2, 0.25) is 0 Å². The molecular weight excluding hydrogens is 532 g/mol. The van der Waals surface area contributed by atoms with Crippen LogP contribution in [0.3, 0.4) is 0 Å². The van der Waals surface area contributed by atoms with Gasteiger partial charge in [-0.2, -0.15) is 5.10 Å². The molecule has 1 spiro atoms. The molecule has 6 heteroatoms. The Kier molecular flexibility index (Phi) is 9.71. The third kappa shape index (κ3) is 5.85. The summed E-state index contributed by atoms with van der Waals surface area (Å²) < 4.78 is 0. The summed E-state index contributed by atoms with van der Waals surface area (Å²) in [6, 6.07) is 0.302. The summed E-state index contributed by atoms with van der Waals surface area (Å²) in [5.41, 5.74) is 3.00. The van der Waals surface area contributed by atoms with Gasteiger partial charge in [0.05, 0.1) is 6.04 Å². The summed E-state index contributed by atoms with van der Waals surface area (Å²) in [6.07, 6.45) is 33.1. The smallest absolute Gasteiger partial charge is 0.254 e. The number of allylic oxidation sites excluding steroid dienone is 2. The van der Waals surface area contributed by atoms with E-state index in [1.807, 2.05) is 6.08 Å². The fraction of sp³-hybridized carbons (Fsp3) is 0.703. The molecule has 234 valence electrons. The summed E-state index contributed by atoms with van der Waals surface area (Å²) in [5, 5.41) is 11.1. The van der Waals surface area contributed by atoms with Gasteiger partial charge < -0.3 is 4.90 Å². The number of likely N-dealkylation sites (tertiary alicyclic amines) is 1. The molecule has 1 amide bonds. The summed E-state index contributed by atoms with van der Waals surface area (Å²) in [5.74, 6) is 0.846. The van der Waals surface area contributed by atoms with Gasteiger partial charge in [0.25, 0.3) is 5.91 Å². The van der Waals surface area contributed by atoms with Crippen molar-refractivity contribution in [3.63, 3.8) is 0 Å². The fourth-order valence-corrected chi connectivity index (χ4v) is 8.77. The van der Waals surface area contributed by atoms with E-state index in [4.69, 9.17) is 5.10 Å². The standard InChI is InChI=1S/C37H54N4O2/c1-3-5-7-9-11-13-15-17-32-29-22-23-37-35-27(26-38-41(37)33-21-19-28(42)25-31(33)39-37)18-20-30(34(29)35)36(43)40(32)24-16-14-12-10-8-6-4-2/h19-23,26-27,29,31-33,39H,3-18,24-25H2,1-2H3. The highest BCUT2D eigenvalue weighted by Crippen LogP contribution is 2.54. The number of fused-ring (bicyclic) bond motifs is 2. The molecule has 2 saturated heterocycles. The zero-order valence-electron chi connectivity index (χ0n) is 26.7. The molecule has 3 heterocycles. The van der Waals surface area contributed by atoms with Crippen LogP contribution in [-0.2, 0) is 9.59 Å². The van der Waals surface area contributed by atoms with E-state index in [0.29, 0.717) is 6.42 Å². The van der Waals surface area contributed by atoms with E-state index in [2.05, 4.69) is 53.5 Å². The van der Waals surface area contributed by atoms with Crippen molar-refractivity contribution in [3.05, 3.63) is 47.1 Å². The Balaban J connectivity index is 1.24. The normalized spacial score (nSPS) is 31.9. The van der Waals surface area contributed by atoms with Gasteiger partial charge in [0.15, 0.2) is 11.4 Å². The first-order valence-corrected chi connectivity index (χ1v) is 17.9. The molecule has 1 N–H and O–H groups in total. The van der Waals surface area contributed by atoms with E-state index in [9.17, 15) is 9.59 Å². The highest BCUT2D eigenvalue weighted by Gasteiger charge is 2.59. The van der Waals surface area contributed by atoms with Crippen molar-refractivity contribution in [1.82, 2.24) is 15.2 Å². The number of piperidine rings is 1. The van der Waals surface area contributed by atoms with Crippen molar-refractivity contribution in [2.24, 2.45) is 16.9 Å². The number of rotatable bonds is 16. The molecule has 2 fully saturated rings. The molecule has 0 aromatic heterocycles. The second-order valence-electron chi connectivity index (χ2n) is 13.9. The average molecular weight is 587 g/mol. The molecule has 43 heavy (non-hydrogen) atoms. The van der Waals surface area contributed by atoms with Crippen molar-refractivity contribution >= 4 is 17.9 Å². The van der Waals surface area contributed by atoms with Crippen LogP contribution in [0.5, 0.6) is 0 Å². The van der Waals surface area contributed by atoms with E-state index in [1.54, 1.807) is 6.08 Å². The molecule has 0 aromatic rings. The number of carbonyl (C=O) groups is 2. The van der Waals surface area contributed by atoms with Crippen LogP contribution in [0, 0.1) is 11.8 Å². The van der Waals surface area contributed by atoms with E-state index < -0.39 is 5.66 Å². The van der Waals surface area contributed by atoms with Gasteiger partial charge in [-0.25, -0.2) is 0 Å². The lowest BCUT2D eigenvalue weighted by Crippen LogP contribution is -2.60. The van der Waals surface area contributed by atoms with Crippen LogP contribution in [-0.4, -0.2) is 58.1 Å². The number of amides is 1. The Morgan fingerprint density at radius 1 is 0.907 bits per heavy atom. The molecule has 6 nitrogen and oxygen atoms in total. The third-order valence-electron chi connectivity index (χ3n) is 11.0. The van der Waals surface area contributed by atoms with Crippen LogP contribution in [0.4, 0.5) is 0 Å². The maximum absolute atomic E-state index is 14.4. The summed E-state index contributed by atoms with van der Waals surface area (Å²) in [6.45, 7) is 5.42. The van der Waals surface area contributed by atoms with Gasteiger partial charge in [-0.05, 0) is 42.6 Å². The Bertz CT molecular complexity index is 1200. The number of hydrogen-bond acceptors (Lipinski definition) is 5. The number of nitrogens with zero attached hydrogens (tertiary/aromatic N) is 3. The largest absolute Gasteiger partial charge is 0.335 e. The lowest BCUT2D eigenvalue weighted by Gasteiger charge is -2.53. The van der Waals surface area contributed by atoms with Crippen molar-refractivity contribution < 1.29 is 9.59 Å². The van der Waals surface area contributed by atoms with E-state index in [0.717, 1.165) is 31.4 Å². The summed E-state index contributed by atoms with van der Waals surface area (Å²) >= 11 is 0. The van der Waals surface area contributed by atoms with Crippen molar-refractivity contribution in [1.29, 1.82) is 0 Å². The minimum Gasteiger partial charge on any atom is -0.335 e. The minimum atomic E-state index is -0.542. The first-order chi connectivity index (χ1) is 21.1. The zero-order chi connectivity index (χ0) is 29.8. The Morgan fingerprint density at radius 3 is 2.35 bits per heavy atom. The third-order valence-corrected chi connectivity index (χ3v) is 11.0.